The van der Waals surface area contributed by atoms with E-state index in [-0.39, 0.29) is 0 Å². The van der Waals surface area contributed by atoms with E-state index >= 15 is 0 Å². The second-order valence-corrected chi connectivity index (χ2v) is 5.30. The molecule has 0 bridgehead atoms. The lowest BCUT2D eigenvalue weighted by Crippen LogP contribution is -2.44. The van der Waals surface area contributed by atoms with E-state index in [4.69, 9.17) is 4.74 Å². The number of carbonyl (C=O) groups excluding carboxylic acids is 1. The highest BCUT2D eigenvalue weighted by molar-refractivity contribution is 7.99. The molecule has 1 atom stereocenters. The van der Waals surface area contributed by atoms with Crippen LogP contribution in [0.2, 0.25) is 0 Å². The fourth-order valence-electron chi connectivity index (χ4n) is 2.14. The van der Waals surface area contributed by atoms with E-state index in [0.29, 0.717) is 17.7 Å². The maximum atomic E-state index is 12.0. The average Bonchev–Trinajstić information content (AvgIpc) is 2.34. The van der Waals surface area contributed by atoms with Gasteiger partial charge in [-0.15, -0.1) is 11.8 Å². The third-order valence-electron chi connectivity index (χ3n) is 3.08. The first-order chi connectivity index (χ1) is 7.79. The second kappa shape index (κ2) is 7.96. The summed E-state index contributed by atoms with van der Waals surface area (Å²) >= 11 is 1.68. The number of nitrogens with zero attached hydrogens (tertiary/aromatic N) is 1. The molecule has 1 saturated heterocycles. The first-order valence-corrected chi connectivity index (χ1v) is 7.31. The summed E-state index contributed by atoms with van der Waals surface area (Å²) in [5.41, 5.74) is 0. The van der Waals surface area contributed by atoms with E-state index in [1.165, 1.54) is 19.3 Å². The molecule has 94 valence electrons. The Morgan fingerprint density at radius 3 is 3.00 bits per heavy atom. The zero-order chi connectivity index (χ0) is 11.8. The monoisotopic (exact) mass is 245 g/mol. The van der Waals surface area contributed by atoms with Crippen LogP contribution in [0.15, 0.2) is 0 Å². The van der Waals surface area contributed by atoms with Gasteiger partial charge in [0, 0.05) is 25.4 Å². The van der Waals surface area contributed by atoms with Crippen molar-refractivity contribution < 1.29 is 9.53 Å². The van der Waals surface area contributed by atoms with Crippen LogP contribution in [0.1, 0.15) is 32.6 Å². The fourth-order valence-corrected chi connectivity index (χ4v) is 2.91. The van der Waals surface area contributed by atoms with Gasteiger partial charge < -0.3 is 9.64 Å². The number of ether oxygens (including phenoxy) is 1. The lowest BCUT2D eigenvalue weighted by Gasteiger charge is -2.35. The van der Waals surface area contributed by atoms with Crippen LogP contribution in [-0.2, 0) is 9.53 Å². The molecule has 1 aliphatic rings. The summed E-state index contributed by atoms with van der Waals surface area (Å²) in [6, 6.07) is 0.490. The van der Waals surface area contributed by atoms with Crippen molar-refractivity contribution in [3.63, 3.8) is 0 Å². The molecule has 1 amide bonds. The highest BCUT2D eigenvalue weighted by Crippen LogP contribution is 2.20. The zero-order valence-electron chi connectivity index (χ0n) is 10.4. The Morgan fingerprint density at radius 2 is 2.31 bits per heavy atom. The Hall–Kier alpha value is -0.220. The number of carbonyl (C=O) groups is 1. The minimum atomic E-state index is 0.313. The van der Waals surface area contributed by atoms with Crippen molar-refractivity contribution in [2.45, 2.75) is 38.6 Å². The number of likely N-dealkylation sites (tertiary alicyclic amines) is 1. The number of piperidine rings is 1. The summed E-state index contributed by atoms with van der Waals surface area (Å²) in [6.45, 7) is 3.87. The molecule has 0 aromatic carbocycles. The van der Waals surface area contributed by atoms with Crippen molar-refractivity contribution in [1.29, 1.82) is 0 Å². The van der Waals surface area contributed by atoms with Crippen LogP contribution in [0.3, 0.4) is 0 Å². The molecule has 0 aromatic rings. The molecular weight excluding hydrogens is 222 g/mol. The Morgan fingerprint density at radius 1 is 1.50 bits per heavy atom. The van der Waals surface area contributed by atoms with Crippen LogP contribution < -0.4 is 0 Å². The molecule has 0 radical (unpaired) electrons. The SMILES string of the molecule is CCC1CCCCN1C(=O)CSCCOC. The predicted octanol–water partition coefficient (Wildman–Crippen LogP) is 2.16. The number of rotatable bonds is 6. The zero-order valence-corrected chi connectivity index (χ0v) is 11.2. The minimum Gasteiger partial charge on any atom is -0.384 e. The molecule has 1 rings (SSSR count). The third kappa shape index (κ3) is 4.34. The standard InChI is InChI=1S/C12H23NO2S/c1-3-11-6-4-5-7-13(11)12(14)10-16-9-8-15-2/h11H,3-10H2,1-2H3. The van der Waals surface area contributed by atoms with Crippen molar-refractivity contribution in [3.05, 3.63) is 0 Å². The molecular formula is C12H23NO2S. The smallest absolute Gasteiger partial charge is 0.232 e. The van der Waals surface area contributed by atoms with Crippen LogP contribution in [0, 0.1) is 0 Å². The summed E-state index contributed by atoms with van der Waals surface area (Å²) in [5, 5.41) is 0. The molecule has 0 N–H and O–H groups in total. The first-order valence-electron chi connectivity index (χ1n) is 6.15. The summed E-state index contributed by atoms with van der Waals surface area (Å²) in [5.74, 6) is 1.83. The van der Waals surface area contributed by atoms with Gasteiger partial charge in [-0.25, -0.2) is 0 Å². The molecule has 4 heteroatoms. The molecule has 0 saturated carbocycles. The first kappa shape index (κ1) is 13.8. The largest absolute Gasteiger partial charge is 0.384 e. The fraction of sp³-hybridized carbons (Fsp3) is 0.917. The maximum absolute atomic E-state index is 12.0. The van der Waals surface area contributed by atoms with Crippen LogP contribution >= 0.6 is 11.8 Å². The van der Waals surface area contributed by atoms with E-state index in [0.717, 1.165) is 25.3 Å². The van der Waals surface area contributed by atoms with Crippen LogP contribution in [0.25, 0.3) is 0 Å². The van der Waals surface area contributed by atoms with Crippen LogP contribution in [0.5, 0.6) is 0 Å². The Bertz CT molecular complexity index is 211. The summed E-state index contributed by atoms with van der Waals surface area (Å²) < 4.78 is 4.97. The molecule has 0 aromatic heterocycles. The molecule has 3 nitrogen and oxygen atoms in total. The quantitative estimate of drug-likeness (QED) is 0.672. The highest BCUT2D eigenvalue weighted by Gasteiger charge is 2.24. The number of methoxy groups -OCH3 is 1. The van der Waals surface area contributed by atoms with Crippen LogP contribution in [-0.4, -0.2) is 48.6 Å². The van der Waals surface area contributed by atoms with Gasteiger partial charge in [0.15, 0.2) is 0 Å². The minimum absolute atomic E-state index is 0.313. The summed E-state index contributed by atoms with van der Waals surface area (Å²) in [7, 11) is 1.69. The molecule has 1 fully saturated rings. The van der Waals surface area contributed by atoms with E-state index in [9.17, 15) is 4.79 Å². The Labute approximate surface area is 103 Å². The van der Waals surface area contributed by atoms with E-state index in [1.54, 1.807) is 18.9 Å². The van der Waals surface area contributed by atoms with Crippen molar-refractivity contribution in [1.82, 2.24) is 4.90 Å². The lowest BCUT2D eigenvalue weighted by atomic mass is 10.0. The second-order valence-electron chi connectivity index (χ2n) is 4.19. The van der Waals surface area contributed by atoms with Crippen molar-refractivity contribution in [3.8, 4) is 0 Å². The number of hydrogen-bond acceptors (Lipinski definition) is 3. The molecule has 1 unspecified atom stereocenters. The van der Waals surface area contributed by atoms with Gasteiger partial charge in [0.1, 0.15) is 0 Å². The van der Waals surface area contributed by atoms with Gasteiger partial charge in [0.25, 0.3) is 0 Å². The molecule has 0 spiro atoms. The summed E-state index contributed by atoms with van der Waals surface area (Å²) in [6.07, 6.45) is 4.73. The number of thioether (sulfide) groups is 1. The molecule has 1 aliphatic heterocycles. The summed E-state index contributed by atoms with van der Waals surface area (Å²) in [4.78, 5) is 14.1. The third-order valence-corrected chi connectivity index (χ3v) is 3.98. The van der Waals surface area contributed by atoms with Crippen molar-refractivity contribution in [2.75, 3.05) is 31.8 Å². The van der Waals surface area contributed by atoms with Gasteiger partial charge in [-0.05, 0) is 25.7 Å². The number of hydrogen-bond donors (Lipinski definition) is 0. The van der Waals surface area contributed by atoms with Gasteiger partial charge in [0.05, 0.1) is 12.4 Å². The van der Waals surface area contributed by atoms with Gasteiger partial charge in [0.2, 0.25) is 5.91 Å². The van der Waals surface area contributed by atoms with Gasteiger partial charge in [-0.2, -0.15) is 0 Å². The topological polar surface area (TPSA) is 29.5 Å². The molecule has 1 heterocycles. The van der Waals surface area contributed by atoms with Gasteiger partial charge in [-0.1, -0.05) is 6.92 Å². The predicted molar refractivity (Wildman–Crippen MR) is 68.8 cm³/mol. The van der Waals surface area contributed by atoms with Crippen molar-refractivity contribution in [2.24, 2.45) is 0 Å². The lowest BCUT2D eigenvalue weighted by molar-refractivity contribution is -0.132. The van der Waals surface area contributed by atoms with E-state index < -0.39 is 0 Å². The van der Waals surface area contributed by atoms with Gasteiger partial charge >= 0.3 is 0 Å². The van der Waals surface area contributed by atoms with E-state index in [1.807, 2.05) is 0 Å². The molecule has 16 heavy (non-hydrogen) atoms. The maximum Gasteiger partial charge on any atom is 0.232 e. The Balaban J connectivity index is 2.27. The average molecular weight is 245 g/mol. The van der Waals surface area contributed by atoms with Crippen LogP contribution in [0.4, 0.5) is 0 Å². The van der Waals surface area contributed by atoms with Crippen molar-refractivity contribution >= 4 is 17.7 Å². The normalized spacial score (nSPS) is 21.1. The van der Waals surface area contributed by atoms with E-state index in [2.05, 4.69) is 11.8 Å². The van der Waals surface area contributed by atoms with Gasteiger partial charge in [-0.3, -0.25) is 4.79 Å². The Kier molecular flexibility index (Phi) is 6.88. The highest BCUT2D eigenvalue weighted by atomic mass is 32.2. The number of amides is 1. The molecule has 0 aliphatic carbocycles.